The molecule has 17 heavy (non-hydrogen) atoms. The molecule has 1 aromatic rings. The van der Waals surface area contributed by atoms with Gasteiger partial charge in [-0.05, 0) is 17.7 Å². The lowest BCUT2D eigenvalue weighted by Crippen LogP contribution is -2.40. The van der Waals surface area contributed by atoms with Crippen molar-refractivity contribution in [3.8, 4) is 0 Å². The molecule has 1 aliphatic heterocycles. The van der Waals surface area contributed by atoms with E-state index in [9.17, 15) is 4.39 Å². The molecule has 1 unspecified atom stereocenters. The van der Waals surface area contributed by atoms with Gasteiger partial charge in [-0.3, -0.25) is 0 Å². The second kappa shape index (κ2) is 6.44. The summed E-state index contributed by atoms with van der Waals surface area (Å²) in [4.78, 5) is 0. The lowest BCUT2D eigenvalue weighted by Gasteiger charge is -2.23. The summed E-state index contributed by atoms with van der Waals surface area (Å²) in [7, 11) is 0. The smallest absolute Gasteiger partial charge is 0.124 e. The average Bonchev–Trinajstić information content (AvgIpc) is 2.33. The van der Waals surface area contributed by atoms with Gasteiger partial charge in [0.05, 0.1) is 25.9 Å². The molecule has 1 fully saturated rings. The third kappa shape index (κ3) is 4.03. The molecular weight excluding hydrogens is 289 g/mol. The number of halogens is 2. The van der Waals surface area contributed by atoms with Crippen molar-refractivity contribution in [1.29, 1.82) is 0 Å². The normalized spacial score (nSPS) is 20.5. The predicted molar refractivity (Wildman–Crippen MR) is 66.4 cm³/mol. The van der Waals surface area contributed by atoms with Crippen molar-refractivity contribution in [3.05, 3.63) is 34.1 Å². The maximum absolute atomic E-state index is 12.9. The average molecular weight is 304 g/mol. The Hall–Kier alpha value is -0.490. The summed E-state index contributed by atoms with van der Waals surface area (Å²) in [5.74, 6) is -0.250. The molecule has 0 amide bonds. The first-order valence-corrected chi connectivity index (χ1v) is 6.39. The predicted octanol–water partition coefficient (Wildman–Crippen LogP) is 2.09. The Morgan fingerprint density at radius 1 is 1.53 bits per heavy atom. The second-order valence-corrected chi connectivity index (χ2v) is 4.80. The van der Waals surface area contributed by atoms with Crippen molar-refractivity contribution in [2.75, 3.05) is 26.3 Å². The van der Waals surface area contributed by atoms with Crippen molar-refractivity contribution in [3.63, 3.8) is 0 Å². The molecule has 1 aliphatic rings. The first-order valence-electron chi connectivity index (χ1n) is 5.59. The molecule has 94 valence electrons. The summed E-state index contributed by atoms with van der Waals surface area (Å²) in [5.41, 5.74) is 0.940. The van der Waals surface area contributed by atoms with E-state index >= 15 is 0 Å². The number of benzene rings is 1. The summed E-state index contributed by atoms with van der Waals surface area (Å²) < 4.78 is 24.7. The van der Waals surface area contributed by atoms with Crippen LogP contribution in [-0.2, 0) is 16.1 Å². The van der Waals surface area contributed by atoms with E-state index < -0.39 is 0 Å². The van der Waals surface area contributed by atoms with E-state index in [-0.39, 0.29) is 11.9 Å². The maximum atomic E-state index is 12.9. The summed E-state index contributed by atoms with van der Waals surface area (Å²) in [6, 6.07) is 4.60. The van der Waals surface area contributed by atoms with Crippen molar-refractivity contribution < 1.29 is 13.9 Å². The van der Waals surface area contributed by atoms with Crippen LogP contribution in [0, 0.1) is 5.82 Å². The molecule has 1 aromatic carbocycles. The van der Waals surface area contributed by atoms with E-state index in [1.54, 1.807) is 6.07 Å². The minimum Gasteiger partial charge on any atom is -0.374 e. The number of hydrogen-bond acceptors (Lipinski definition) is 3. The molecule has 1 heterocycles. The highest BCUT2D eigenvalue weighted by Gasteiger charge is 2.13. The van der Waals surface area contributed by atoms with Gasteiger partial charge in [0.25, 0.3) is 0 Å². The van der Waals surface area contributed by atoms with Crippen LogP contribution in [0.1, 0.15) is 5.56 Å². The maximum Gasteiger partial charge on any atom is 0.124 e. The molecule has 5 heteroatoms. The Kier molecular flexibility index (Phi) is 4.91. The van der Waals surface area contributed by atoms with Crippen molar-refractivity contribution in [1.82, 2.24) is 5.32 Å². The van der Waals surface area contributed by atoms with Crippen LogP contribution in [0.4, 0.5) is 4.39 Å². The molecule has 2 rings (SSSR count). The Morgan fingerprint density at radius 3 is 3.12 bits per heavy atom. The van der Waals surface area contributed by atoms with Crippen molar-refractivity contribution >= 4 is 15.9 Å². The standard InChI is InChI=1S/C12H15BrFNO2/c13-12-5-10(14)2-1-9(12)7-16-8-11-6-15-3-4-17-11/h1-2,5,11,15H,3-4,6-8H2. The third-order valence-electron chi connectivity index (χ3n) is 2.58. The monoisotopic (exact) mass is 303 g/mol. The van der Waals surface area contributed by atoms with Gasteiger partial charge in [0.1, 0.15) is 5.82 Å². The highest BCUT2D eigenvalue weighted by molar-refractivity contribution is 9.10. The van der Waals surface area contributed by atoms with Crippen LogP contribution in [0.5, 0.6) is 0 Å². The van der Waals surface area contributed by atoms with Crippen LogP contribution in [0.25, 0.3) is 0 Å². The molecule has 1 saturated heterocycles. The van der Waals surface area contributed by atoms with Gasteiger partial charge in [0, 0.05) is 17.6 Å². The van der Waals surface area contributed by atoms with Gasteiger partial charge in [-0.1, -0.05) is 22.0 Å². The van der Waals surface area contributed by atoms with Crippen LogP contribution >= 0.6 is 15.9 Å². The van der Waals surface area contributed by atoms with Crippen LogP contribution in [0.2, 0.25) is 0 Å². The molecule has 1 N–H and O–H groups in total. The number of ether oxygens (including phenoxy) is 2. The van der Waals surface area contributed by atoms with Crippen molar-refractivity contribution in [2.24, 2.45) is 0 Å². The van der Waals surface area contributed by atoms with Crippen LogP contribution in [0.3, 0.4) is 0 Å². The van der Waals surface area contributed by atoms with Gasteiger partial charge in [0.15, 0.2) is 0 Å². The first-order chi connectivity index (χ1) is 8.25. The Labute approximate surface area is 108 Å². The molecule has 0 saturated carbocycles. The topological polar surface area (TPSA) is 30.5 Å². The Bertz CT molecular complexity index is 370. The highest BCUT2D eigenvalue weighted by atomic mass is 79.9. The second-order valence-electron chi connectivity index (χ2n) is 3.95. The first kappa shape index (κ1) is 13.0. The van der Waals surface area contributed by atoms with E-state index in [0.717, 1.165) is 29.7 Å². The van der Waals surface area contributed by atoms with Crippen molar-refractivity contribution in [2.45, 2.75) is 12.7 Å². The fourth-order valence-electron chi connectivity index (χ4n) is 1.67. The Balaban J connectivity index is 1.77. The van der Waals surface area contributed by atoms with Gasteiger partial charge in [-0.25, -0.2) is 4.39 Å². The van der Waals surface area contributed by atoms with Gasteiger partial charge in [-0.15, -0.1) is 0 Å². The van der Waals surface area contributed by atoms with Crippen LogP contribution in [-0.4, -0.2) is 32.4 Å². The van der Waals surface area contributed by atoms with E-state index in [4.69, 9.17) is 9.47 Å². The summed E-state index contributed by atoms with van der Waals surface area (Å²) >= 11 is 3.31. The zero-order valence-corrected chi connectivity index (χ0v) is 11.0. The quantitative estimate of drug-likeness (QED) is 0.924. The van der Waals surface area contributed by atoms with E-state index in [1.807, 2.05) is 0 Å². The molecule has 0 spiro atoms. The molecular formula is C12H15BrFNO2. The molecule has 0 radical (unpaired) electrons. The van der Waals surface area contributed by atoms with Crippen LogP contribution in [0.15, 0.2) is 22.7 Å². The fourth-order valence-corrected chi connectivity index (χ4v) is 2.13. The number of morpholine rings is 1. The highest BCUT2D eigenvalue weighted by Crippen LogP contribution is 2.18. The zero-order chi connectivity index (χ0) is 12.1. The van der Waals surface area contributed by atoms with E-state index in [0.29, 0.717) is 13.2 Å². The summed E-state index contributed by atoms with van der Waals surface area (Å²) in [6.45, 7) is 3.47. The van der Waals surface area contributed by atoms with Gasteiger partial charge in [-0.2, -0.15) is 0 Å². The SMILES string of the molecule is Fc1ccc(COCC2CNCCO2)c(Br)c1. The van der Waals surface area contributed by atoms with E-state index in [2.05, 4.69) is 21.2 Å². The summed E-state index contributed by atoms with van der Waals surface area (Å²) in [5, 5.41) is 3.24. The minimum absolute atomic E-state index is 0.114. The molecule has 0 bridgehead atoms. The van der Waals surface area contributed by atoms with Gasteiger partial charge < -0.3 is 14.8 Å². The minimum atomic E-state index is -0.250. The fraction of sp³-hybridized carbons (Fsp3) is 0.500. The molecule has 3 nitrogen and oxygen atoms in total. The van der Waals surface area contributed by atoms with Crippen LogP contribution < -0.4 is 5.32 Å². The number of nitrogens with one attached hydrogen (secondary N) is 1. The van der Waals surface area contributed by atoms with Gasteiger partial charge in [0.2, 0.25) is 0 Å². The van der Waals surface area contributed by atoms with E-state index in [1.165, 1.54) is 12.1 Å². The number of hydrogen-bond donors (Lipinski definition) is 1. The molecule has 0 aliphatic carbocycles. The Morgan fingerprint density at radius 2 is 2.41 bits per heavy atom. The largest absolute Gasteiger partial charge is 0.374 e. The lowest BCUT2D eigenvalue weighted by atomic mass is 10.2. The lowest BCUT2D eigenvalue weighted by molar-refractivity contribution is -0.0358. The van der Waals surface area contributed by atoms with Gasteiger partial charge >= 0.3 is 0 Å². The zero-order valence-electron chi connectivity index (χ0n) is 9.42. The molecule has 1 atom stereocenters. The third-order valence-corrected chi connectivity index (χ3v) is 3.32. The molecule has 0 aromatic heterocycles. The number of rotatable bonds is 4. The summed E-state index contributed by atoms with van der Waals surface area (Å²) in [6.07, 6.45) is 0.114.